The molecule has 130 valence electrons. The molecule has 0 unspecified atom stereocenters. The van der Waals surface area contributed by atoms with Gasteiger partial charge in [0, 0.05) is 5.69 Å². The number of carbonyl (C=O) groups is 1. The van der Waals surface area contributed by atoms with Gasteiger partial charge in [0.2, 0.25) is 0 Å². The van der Waals surface area contributed by atoms with E-state index in [0.717, 1.165) is 56.2 Å². The van der Waals surface area contributed by atoms with E-state index in [1.807, 2.05) is 12.1 Å². The van der Waals surface area contributed by atoms with Crippen molar-refractivity contribution in [2.24, 2.45) is 0 Å². The Balaban J connectivity index is 1.66. The van der Waals surface area contributed by atoms with Crippen molar-refractivity contribution >= 4 is 5.91 Å². The molecule has 0 saturated carbocycles. The number of aryl methyl sites for hydroxylation is 3. The van der Waals surface area contributed by atoms with Crippen LogP contribution in [-0.4, -0.2) is 10.9 Å². The third kappa shape index (κ3) is 2.90. The summed E-state index contributed by atoms with van der Waals surface area (Å²) >= 11 is 0. The number of fused-ring (bicyclic) bond motifs is 2. The van der Waals surface area contributed by atoms with Crippen LogP contribution < -0.4 is 10.9 Å². The minimum atomic E-state index is -0.422. The Morgan fingerprint density at radius 3 is 2.72 bits per heavy atom. The van der Waals surface area contributed by atoms with Gasteiger partial charge in [0.05, 0.1) is 5.54 Å². The molecule has 0 fully saturated rings. The van der Waals surface area contributed by atoms with Crippen molar-refractivity contribution in [3.63, 3.8) is 0 Å². The number of benzene rings is 1. The maximum Gasteiger partial charge on any atom is 0.261 e. The number of H-pyrrole nitrogens is 1. The van der Waals surface area contributed by atoms with Crippen LogP contribution in [0.15, 0.2) is 35.1 Å². The van der Waals surface area contributed by atoms with Gasteiger partial charge >= 0.3 is 0 Å². The van der Waals surface area contributed by atoms with E-state index < -0.39 is 5.54 Å². The Hall–Kier alpha value is -2.36. The molecule has 1 heterocycles. The van der Waals surface area contributed by atoms with E-state index in [1.165, 1.54) is 11.1 Å². The normalized spacial score (nSPS) is 22.0. The number of aromatic nitrogens is 1. The maximum atomic E-state index is 12.9. The fraction of sp³-hybridized carbons (Fsp3) is 0.429. The minimum Gasteiger partial charge on any atom is -0.343 e. The van der Waals surface area contributed by atoms with Crippen LogP contribution in [0, 0.1) is 0 Å². The van der Waals surface area contributed by atoms with E-state index in [0.29, 0.717) is 0 Å². The van der Waals surface area contributed by atoms with Crippen molar-refractivity contribution in [2.75, 3.05) is 0 Å². The quantitative estimate of drug-likeness (QED) is 0.884. The van der Waals surface area contributed by atoms with Crippen molar-refractivity contribution in [3.8, 4) is 0 Å². The summed E-state index contributed by atoms with van der Waals surface area (Å²) in [4.78, 5) is 28.2. The molecule has 4 rings (SSSR count). The third-order valence-electron chi connectivity index (χ3n) is 5.71. The predicted molar refractivity (Wildman–Crippen MR) is 97.9 cm³/mol. The Kier molecular flexibility index (Phi) is 3.98. The minimum absolute atomic E-state index is 0.241. The van der Waals surface area contributed by atoms with Gasteiger partial charge in [-0.05, 0) is 74.6 Å². The number of rotatable bonds is 2. The van der Waals surface area contributed by atoms with Crippen molar-refractivity contribution < 1.29 is 4.79 Å². The predicted octanol–water partition coefficient (Wildman–Crippen LogP) is 3.24. The fourth-order valence-electron chi connectivity index (χ4n) is 4.33. The molecule has 2 aliphatic rings. The summed E-state index contributed by atoms with van der Waals surface area (Å²) < 4.78 is 0. The number of hydrogen-bond donors (Lipinski definition) is 2. The summed E-state index contributed by atoms with van der Waals surface area (Å²) in [7, 11) is 0. The van der Waals surface area contributed by atoms with Crippen LogP contribution in [0.3, 0.4) is 0 Å². The van der Waals surface area contributed by atoms with Gasteiger partial charge in [0.15, 0.2) is 0 Å². The molecule has 0 saturated heterocycles. The number of pyridine rings is 1. The van der Waals surface area contributed by atoms with Gasteiger partial charge in [-0.15, -0.1) is 0 Å². The standard InChI is InChI=1S/C21H24N2O2/c1-21(12-6-9-14-7-2-4-10-17(14)21)23-20(25)16-13-15-8-3-5-11-18(15)22-19(16)24/h2,4,7,10,13H,3,5-6,8-9,11-12H2,1H3,(H,22,24)(H,23,25)/t21-/m1/s1. The second-order valence-corrected chi connectivity index (χ2v) is 7.52. The van der Waals surface area contributed by atoms with Gasteiger partial charge in [0.1, 0.15) is 5.56 Å². The lowest BCUT2D eigenvalue weighted by Crippen LogP contribution is -2.47. The monoisotopic (exact) mass is 336 g/mol. The first kappa shape index (κ1) is 16.1. The van der Waals surface area contributed by atoms with Crippen molar-refractivity contribution in [1.82, 2.24) is 10.3 Å². The van der Waals surface area contributed by atoms with Crippen LogP contribution in [0.2, 0.25) is 0 Å². The van der Waals surface area contributed by atoms with E-state index in [9.17, 15) is 9.59 Å². The van der Waals surface area contributed by atoms with Crippen LogP contribution in [-0.2, 0) is 24.8 Å². The lowest BCUT2D eigenvalue weighted by molar-refractivity contribution is 0.0893. The molecular formula is C21H24N2O2. The zero-order chi connectivity index (χ0) is 17.4. The molecule has 2 aliphatic carbocycles. The summed E-state index contributed by atoms with van der Waals surface area (Å²) in [5, 5.41) is 3.16. The highest BCUT2D eigenvalue weighted by molar-refractivity contribution is 5.94. The van der Waals surface area contributed by atoms with E-state index >= 15 is 0 Å². The van der Waals surface area contributed by atoms with Crippen molar-refractivity contribution in [2.45, 2.75) is 57.4 Å². The van der Waals surface area contributed by atoms with E-state index in [2.05, 4.69) is 29.4 Å². The SMILES string of the molecule is C[C@@]1(NC(=O)c2cc3c([nH]c2=O)CCCC3)CCCc2ccccc21. The smallest absolute Gasteiger partial charge is 0.261 e. The van der Waals surface area contributed by atoms with Gasteiger partial charge in [-0.25, -0.2) is 0 Å². The first-order chi connectivity index (χ1) is 12.1. The summed E-state index contributed by atoms with van der Waals surface area (Å²) in [6, 6.07) is 10.1. The summed E-state index contributed by atoms with van der Waals surface area (Å²) in [5.74, 6) is -0.270. The number of nitrogens with one attached hydrogen (secondary N) is 2. The molecule has 25 heavy (non-hydrogen) atoms. The lowest BCUT2D eigenvalue weighted by Gasteiger charge is -2.37. The number of carbonyl (C=O) groups excluding carboxylic acids is 1. The highest BCUT2D eigenvalue weighted by Gasteiger charge is 2.34. The number of amides is 1. The van der Waals surface area contributed by atoms with E-state index in [4.69, 9.17) is 0 Å². The molecule has 0 aliphatic heterocycles. The molecule has 0 spiro atoms. The maximum absolute atomic E-state index is 12.9. The van der Waals surface area contributed by atoms with Crippen LogP contribution in [0.1, 0.15) is 65.3 Å². The molecule has 1 aromatic heterocycles. The second-order valence-electron chi connectivity index (χ2n) is 7.52. The molecule has 2 N–H and O–H groups in total. The molecule has 4 heteroatoms. The summed E-state index contributed by atoms with van der Waals surface area (Å²) in [6.45, 7) is 2.06. The van der Waals surface area contributed by atoms with Crippen molar-refractivity contribution in [1.29, 1.82) is 0 Å². The van der Waals surface area contributed by atoms with E-state index in [-0.39, 0.29) is 17.0 Å². The lowest BCUT2D eigenvalue weighted by atomic mass is 9.77. The van der Waals surface area contributed by atoms with Crippen LogP contribution in [0.4, 0.5) is 0 Å². The van der Waals surface area contributed by atoms with Gasteiger partial charge in [0.25, 0.3) is 11.5 Å². The zero-order valence-corrected chi connectivity index (χ0v) is 14.7. The fourth-order valence-corrected chi connectivity index (χ4v) is 4.33. The van der Waals surface area contributed by atoms with Crippen LogP contribution in [0.25, 0.3) is 0 Å². The number of aromatic amines is 1. The number of hydrogen-bond acceptors (Lipinski definition) is 2. The Morgan fingerprint density at radius 1 is 1.08 bits per heavy atom. The molecule has 1 atom stereocenters. The topological polar surface area (TPSA) is 62.0 Å². The summed E-state index contributed by atoms with van der Waals surface area (Å²) in [6.07, 6.45) is 7.02. The molecular weight excluding hydrogens is 312 g/mol. The van der Waals surface area contributed by atoms with Gasteiger partial charge in [-0.3, -0.25) is 9.59 Å². The molecule has 1 aromatic carbocycles. The molecule has 0 radical (unpaired) electrons. The van der Waals surface area contributed by atoms with Gasteiger partial charge in [-0.1, -0.05) is 24.3 Å². The first-order valence-corrected chi connectivity index (χ1v) is 9.23. The summed E-state index contributed by atoms with van der Waals surface area (Å²) in [5.41, 5.74) is 4.12. The first-order valence-electron chi connectivity index (χ1n) is 9.23. The third-order valence-corrected chi connectivity index (χ3v) is 5.71. The Labute approximate surface area is 147 Å². The Bertz CT molecular complexity index is 884. The molecule has 1 amide bonds. The van der Waals surface area contributed by atoms with Gasteiger partial charge < -0.3 is 10.3 Å². The average Bonchev–Trinajstić information content (AvgIpc) is 2.61. The highest BCUT2D eigenvalue weighted by Crippen LogP contribution is 2.35. The van der Waals surface area contributed by atoms with Gasteiger partial charge in [-0.2, -0.15) is 0 Å². The highest BCUT2D eigenvalue weighted by atomic mass is 16.2. The molecule has 4 nitrogen and oxygen atoms in total. The zero-order valence-electron chi connectivity index (χ0n) is 14.7. The van der Waals surface area contributed by atoms with Crippen LogP contribution >= 0.6 is 0 Å². The van der Waals surface area contributed by atoms with Crippen molar-refractivity contribution in [3.05, 3.63) is 68.6 Å². The largest absolute Gasteiger partial charge is 0.343 e. The van der Waals surface area contributed by atoms with Crippen LogP contribution in [0.5, 0.6) is 0 Å². The molecule has 2 aromatic rings. The second kappa shape index (κ2) is 6.17. The average molecular weight is 336 g/mol. The Morgan fingerprint density at radius 2 is 1.84 bits per heavy atom. The molecule has 0 bridgehead atoms. The van der Waals surface area contributed by atoms with E-state index in [1.54, 1.807) is 6.07 Å².